The molecular weight excluding hydrogens is 328 g/mol. The van der Waals surface area contributed by atoms with Gasteiger partial charge in [-0.05, 0) is 43.0 Å². The molecule has 0 aromatic heterocycles. The molecule has 0 bridgehead atoms. The van der Waals surface area contributed by atoms with Crippen molar-refractivity contribution in [2.45, 2.75) is 44.7 Å². The van der Waals surface area contributed by atoms with Gasteiger partial charge < -0.3 is 10.6 Å². The molecule has 0 saturated carbocycles. The zero-order valence-corrected chi connectivity index (χ0v) is 16.0. The first kappa shape index (κ1) is 20.0. The summed E-state index contributed by atoms with van der Waals surface area (Å²) in [6.45, 7) is 4.56. The van der Waals surface area contributed by atoms with Crippen LogP contribution in [0.15, 0.2) is 60.7 Å². The number of hydrogen-bond acceptors (Lipinski definition) is 2. The van der Waals surface area contributed by atoms with Gasteiger partial charge in [0, 0.05) is 6.04 Å². The second kappa shape index (κ2) is 10.6. The van der Waals surface area contributed by atoms with Crippen molar-refractivity contribution in [3.8, 4) is 0 Å². The molecule has 0 radical (unpaired) electrons. The molecular formula is C22H31ClN2. The highest BCUT2D eigenvalue weighted by Crippen LogP contribution is 2.26. The van der Waals surface area contributed by atoms with Gasteiger partial charge in [0.15, 0.2) is 0 Å². The van der Waals surface area contributed by atoms with Gasteiger partial charge >= 0.3 is 0 Å². The minimum Gasteiger partial charge on any atom is -0.316 e. The highest BCUT2D eigenvalue weighted by molar-refractivity contribution is 5.85. The Labute approximate surface area is 158 Å². The number of benzene rings is 2. The fourth-order valence-electron chi connectivity index (χ4n) is 3.80. The van der Waals surface area contributed by atoms with Gasteiger partial charge in [0.1, 0.15) is 0 Å². The van der Waals surface area contributed by atoms with Crippen LogP contribution >= 0.6 is 12.4 Å². The third-order valence-corrected chi connectivity index (χ3v) is 5.18. The first-order valence-electron chi connectivity index (χ1n) is 9.45. The third kappa shape index (κ3) is 5.57. The number of unbranched alkanes of at least 4 members (excludes halogenated alkanes) is 1. The Kier molecular flexibility index (Phi) is 8.47. The molecule has 0 aliphatic carbocycles. The van der Waals surface area contributed by atoms with Gasteiger partial charge in [-0.15, -0.1) is 12.4 Å². The molecule has 3 heteroatoms. The van der Waals surface area contributed by atoms with E-state index < -0.39 is 0 Å². The van der Waals surface area contributed by atoms with Crippen LogP contribution < -0.4 is 10.6 Å². The highest BCUT2D eigenvalue weighted by Gasteiger charge is 2.27. The zero-order chi connectivity index (χ0) is 16.6. The van der Waals surface area contributed by atoms with Crippen LogP contribution in [0.2, 0.25) is 0 Å². The van der Waals surface area contributed by atoms with Gasteiger partial charge in [-0.2, -0.15) is 0 Å². The van der Waals surface area contributed by atoms with Gasteiger partial charge in [0.05, 0.1) is 6.04 Å². The van der Waals surface area contributed by atoms with Crippen LogP contribution in [0.4, 0.5) is 0 Å². The Hall–Kier alpha value is -1.35. The van der Waals surface area contributed by atoms with E-state index in [9.17, 15) is 0 Å². The summed E-state index contributed by atoms with van der Waals surface area (Å²) in [4.78, 5) is 0. The van der Waals surface area contributed by atoms with E-state index in [0.717, 1.165) is 19.0 Å². The van der Waals surface area contributed by atoms with Crippen LogP contribution in [0, 0.1) is 5.92 Å². The number of piperidine rings is 1. The lowest BCUT2D eigenvalue weighted by Crippen LogP contribution is -2.48. The molecule has 1 aliphatic rings. The van der Waals surface area contributed by atoms with Crippen molar-refractivity contribution >= 4 is 12.4 Å². The van der Waals surface area contributed by atoms with Crippen LogP contribution in [-0.2, 0) is 0 Å². The second-order valence-corrected chi connectivity index (χ2v) is 6.92. The van der Waals surface area contributed by atoms with Crippen molar-refractivity contribution in [3.63, 3.8) is 0 Å². The van der Waals surface area contributed by atoms with Crippen molar-refractivity contribution in [1.29, 1.82) is 0 Å². The van der Waals surface area contributed by atoms with E-state index in [4.69, 9.17) is 0 Å². The minimum atomic E-state index is 0. The van der Waals surface area contributed by atoms with Gasteiger partial charge in [0.2, 0.25) is 0 Å². The normalized spacial score (nSPS) is 20.2. The first-order valence-corrected chi connectivity index (χ1v) is 9.45. The molecule has 2 nitrogen and oxygen atoms in total. The van der Waals surface area contributed by atoms with Crippen LogP contribution in [0.3, 0.4) is 0 Å². The molecule has 25 heavy (non-hydrogen) atoms. The quantitative estimate of drug-likeness (QED) is 0.731. The lowest BCUT2D eigenvalue weighted by atomic mass is 9.87. The predicted octanol–water partition coefficient (Wildman–Crippen LogP) is 4.96. The summed E-state index contributed by atoms with van der Waals surface area (Å²) in [7, 11) is 0. The van der Waals surface area contributed by atoms with E-state index in [-0.39, 0.29) is 18.4 Å². The summed E-state index contributed by atoms with van der Waals surface area (Å²) in [5, 5.41) is 7.59. The second-order valence-electron chi connectivity index (χ2n) is 6.92. The molecule has 1 aliphatic heterocycles. The number of nitrogens with one attached hydrogen (secondary N) is 2. The van der Waals surface area contributed by atoms with Crippen molar-refractivity contribution < 1.29 is 0 Å². The molecule has 2 atom stereocenters. The monoisotopic (exact) mass is 358 g/mol. The zero-order valence-electron chi connectivity index (χ0n) is 15.2. The fourth-order valence-corrected chi connectivity index (χ4v) is 3.80. The number of rotatable bonds is 7. The molecule has 2 N–H and O–H groups in total. The summed E-state index contributed by atoms with van der Waals surface area (Å²) < 4.78 is 0. The maximum atomic E-state index is 4.01. The molecule has 2 aromatic carbocycles. The molecule has 1 heterocycles. The van der Waals surface area contributed by atoms with E-state index in [2.05, 4.69) is 78.2 Å². The predicted molar refractivity (Wildman–Crippen MR) is 109 cm³/mol. The first-order chi connectivity index (χ1) is 11.9. The Bertz CT molecular complexity index is 548. The topological polar surface area (TPSA) is 24.1 Å². The molecule has 2 aromatic rings. The lowest BCUT2D eigenvalue weighted by molar-refractivity contribution is 0.249. The molecule has 1 saturated heterocycles. The Morgan fingerprint density at radius 3 is 2.16 bits per heavy atom. The van der Waals surface area contributed by atoms with Gasteiger partial charge in [-0.1, -0.05) is 80.4 Å². The maximum Gasteiger partial charge on any atom is 0.0578 e. The fraction of sp³-hybridized carbons (Fsp3) is 0.455. The molecule has 2 unspecified atom stereocenters. The van der Waals surface area contributed by atoms with Crippen molar-refractivity contribution in [3.05, 3.63) is 71.8 Å². The van der Waals surface area contributed by atoms with Crippen molar-refractivity contribution in [2.75, 3.05) is 13.1 Å². The Balaban J connectivity index is 0.00000225. The van der Waals surface area contributed by atoms with E-state index in [1.165, 1.54) is 36.8 Å². The van der Waals surface area contributed by atoms with E-state index in [0.29, 0.717) is 6.04 Å². The summed E-state index contributed by atoms with van der Waals surface area (Å²) in [5.74, 6) is 0.730. The van der Waals surface area contributed by atoms with Crippen LogP contribution in [0.1, 0.15) is 49.8 Å². The molecule has 3 rings (SSSR count). The summed E-state index contributed by atoms with van der Waals surface area (Å²) >= 11 is 0. The minimum absolute atomic E-state index is 0. The SMILES string of the molecule is CCCCC1CNCCC1NC(c1ccccc1)c1ccccc1.Cl. The van der Waals surface area contributed by atoms with Crippen LogP contribution in [-0.4, -0.2) is 19.1 Å². The Morgan fingerprint density at radius 1 is 1.00 bits per heavy atom. The van der Waals surface area contributed by atoms with E-state index in [1.807, 2.05) is 0 Å². The average Bonchev–Trinajstić information content (AvgIpc) is 2.66. The van der Waals surface area contributed by atoms with E-state index in [1.54, 1.807) is 0 Å². The van der Waals surface area contributed by atoms with Crippen LogP contribution in [0.25, 0.3) is 0 Å². The summed E-state index contributed by atoms with van der Waals surface area (Å²) in [5.41, 5.74) is 2.72. The summed E-state index contributed by atoms with van der Waals surface area (Å²) in [6, 6.07) is 22.6. The maximum absolute atomic E-state index is 4.01. The average molecular weight is 359 g/mol. The van der Waals surface area contributed by atoms with Crippen molar-refractivity contribution in [2.24, 2.45) is 5.92 Å². The van der Waals surface area contributed by atoms with Crippen LogP contribution in [0.5, 0.6) is 0 Å². The standard InChI is InChI=1S/C22H30N2.ClH/c1-2-3-10-20-17-23-16-15-21(20)24-22(18-11-6-4-7-12-18)19-13-8-5-9-14-19;/h4-9,11-14,20-24H,2-3,10,15-17H2,1H3;1H. The Morgan fingerprint density at radius 2 is 1.60 bits per heavy atom. The van der Waals surface area contributed by atoms with Gasteiger partial charge in [-0.25, -0.2) is 0 Å². The molecule has 0 amide bonds. The lowest BCUT2D eigenvalue weighted by Gasteiger charge is -2.36. The highest BCUT2D eigenvalue weighted by atomic mass is 35.5. The molecule has 1 fully saturated rings. The van der Waals surface area contributed by atoms with Gasteiger partial charge in [0.25, 0.3) is 0 Å². The van der Waals surface area contributed by atoms with Crippen molar-refractivity contribution in [1.82, 2.24) is 10.6 Å². The summed E-state index contributed by atoms with van der Waals surface area (Å²) in [6.07, 6.45) is 5.14. The molecule has 136 valence electrons. The number of halogens is 1. The third-order valence-electron chi connectivity index (χ3n) is 5.18. The smallest absolute Gasteiger partial charge is 0.0578 e. The van der Waals surface area contributed by atoms with Gasteiger partial charge in [-0.3, -0.25) is 0 Å². The molecule has 0 spiro atoms. The number of hydrogen-bond donors (Lipinski definition) is 2. The largest absolute Gasteiger partial charge is 0.316 e. The van der Waals surface area contributed by atoms with E-state index >= 15 is 0 Å².